The van der Waals surface area contributed by atoms with Gasteiger partial charge in [-0.3, -0.25) is 10.3 Å². The van der Waals surface area contributed by atoms with Crippen molar-refractivity contribution < 1.29 is 0 Å². The zero-order chi connectivity index (χ0) is 14.9. The van der Waals surface area contributed by atoms with E-state index in [0.29, 0.717) is 0 Å². The number of hydrogen-bond acceptors (Lipinski definition) is 3. The lowest BCUT2D eigenvalue weighted by Crippen LogP contribution is -2.53. The van der Waals surface area contributed by atoms with E-state index in [9.17, 15) is 0 Å². The van der Waals surface area contributed by atoms with Crippen LogP contribution in [0.1, 0.15) is 31.9 Å². The second kappa shape index (κ2) is 5.44. The second-order valence-corrected chi connectivity index (χ2v) is 6.58. The molecule has 1 heterocycles. The van der Waals surface area contributed by atoms with Crippen molar-refractivity contribution in [1.29, 1.82) is 5.41 Å². The fraction of sp³-hybridized carbons (Fsp3) is 0.562. The van der Waals surface area contributed by atoms with Crippen LogP contribution in [0, 0.1) is 12.3 Å². The number of aryl methyl sites for hydroxylation is 1. The van der Waals surface area contributed by atoms with Gasteiger partial charge in [0, 0.05) is 43.0 Å². The molecule has 1 aromatic rings. The van der Waals surface area contributed by atoms with Crippen molar-refractivity contribution in [1.82, 2.24) is 4.90 Å². The topological polar surface area (TPSA) is 56.4 Å². The Kier molecular flexibility index (Phi) is 4.04. The molecule has 1 saturated heterocycles. The predicted molar refractivity (Wildman–Crippen MR) is 85.7 cm³/mol. The molecule has 0 spiro atoms. The minimum atomic E-state index is 0.151. The van der Waals surface area contributed by atoms with Gasteiger partial charge in [-0.1, -0.05) is 6.07 Å². The van der Waals surface area contributed by atoms with Crippen LogP contribution in [0.15, 0.2) is 18.2 Å². The molecule has 1 aromatic carbocycles. The number of nitrogens with two attached hydrogens (primary N) is 1. The van der Waals surface area contributed by atoms with Gasteiger partial charge in [0.15, 0.2) is 0 Å². The predicted octanol–water partition coefficient (Wildman–Crippen LogP) is 2.20. The third-order valence-electron chi connectivity index (χ3n) is 4.01. The van der Waals surface area contributed by atoms with Crippen molar-refractivity contribution in [3.05, 3.63) is 29.3 Å². The Labute approximate surface area is 122 Å². The van der Waals surface area contributed by atoms with Crippen molar-refractivity contribution in [3.63, 3.8) is 0 Å². The van der Waals surface area contributed by atoms with Gasteiger partial charge in [0.05, 0.1) is 0 Å². The molecule has 4 heteroatoms. The summed E-state index contributed by atoms with van der Waals surface area (Å²) in [6.07, 6.45) is 0. The molecule has 110 valence electrons. The first kappa shape index (κ1) is 14.9. The van der Waals surface area contributed by atoms with Gasteiger partial charge >= 0.3 is 0 Å². The number of nitrogens with zero attached hydrogens (tertiary/aromatic N) is 2. The van der Waals surface area contributed by atoms with Crippen LogP contribution in [0.4, 0.5) is 5.69 Å². The second-order valence-electron chi connectivity index (χ2n) is 6.58. The van der Waals surface area contributed by atoms with Crippen LogP contribution in [0.5, 0.6) is 0 Å². The molecule has 0 aliphatic carbocycles. The molecule has 1 aliphatic heterocycles. The van der Waals surface area contributed by atoms with Crippen LogP contribution in [0.25, 0.3) is 0 Å². The SMILES string of the molecule is Cc1ccc(C(=N)N)c(N2CCN(C(C)(C)C)CC2)c1. The Morgan fingerprint density at radius 2 is 1.75 bits per heavy atom. The van der Waals surface area contributed by atoms with E-state index in [-0.39, 0.29) is 11.4 Å². The Morgan fingerprint density at radius 3 is 2.25 bits per heavy atom. The van der Waals surface area contributed by atoms with E-state index < -0.39 is 0 Å². The van der Waals surface area contributed by atoms with Crippen LogP contribution in [0.2, 0.25) is 0 Å². The summed E-state index contributed by atoms with van der Waals surface area (Å²) in [5.74, 6) is 0.151. The summed E-state index contributed by atoms with van der Waals surface area (Å²) in [6, 6.07) is 6.12. The largest absolute Gasteiger partial charge is 0.384 e. The van der Waals surface area contributed by atoms with Gasteiger partial charge in [-0.05, 0) is 45.4 Å². The van der Waals surface area contributed by atoms with Gasteiger partial charge in [-0.2, -0.15) is 0 Å². The summed E-state index contributed by atoms with van der Waals surface area (Å²) in [7, 11) is 0. The van der Waals surface area contributed by atoms with E-state index in [1.807, 2.05) is 12.1 Å². The minimum Gasteiger partial charge on any atom is -0.384 e. The molecule has 4 nitrogen and oxygen atoms in total. The van der Waals surface area contributed by atoms with Gasteiger partial charge in [-0.25, -0.2) is 0 Å². The Balaban J connectivity index is 2.18. The summed E-state index contributed by atoms with van der Waals surface area (Å²) in [6.45, 7) is 12.9. The first-order valence-corrected chi connectivity index (χ1v) is 7.24. The highest BCUT2D eigenvalue weighted by Gasteiger charge is 2.26. The fourth-order valence-electron chi connectivity index (χ4n) is 2.75. The first-order chi connectivity index (χ1) is 9.29. The highest BCUT2D eigenvalue weighted by Crippen LogP contribution is 2.25. The van der Waals surface area contributed by atoms with E-state index in [2.05, 4.69) is 43.6 Å². The average Bonchev–Trinajstić information content (AvgIpc) is 2.37. The smallest absolute Gasteiger partial charge is 0.124 e. The lowest BCUT2D eigenvalue weighted by molar-refractivity contribution is 0.128. The van der Waals surface area contributed by atoms with Crippen LogP contribution >= 0.6 is 0 Å². The number of anilines is 1. The summed E-state index contributed by atoms with van der Waals surface area (Å²) in [4.78, 5) is 4.86. The van der Waals surface area contributed by atoms with Gasteiger partial charge in [0.2, 0.25) is 0 Å². The average molecular weight is 274 g/mol. The molecule has 0 radical (unpaired) electrons. The molecule has 3 N–H and O–H groups in total. The monoisotopic (exact) mass is 274 g/mol. The zero-order valence-electron chi connectivity index (χ0n) is 13.0. The molecule has 0 saturated carbocycles. The number of hydrogen-bond donors (Lipinski definition) is 2. The summed E-state index contributed by atoms with van der Waals surface area (Å²) < 4.78 is 0. The number of piperazine rings is 1. The standard InChI is InChI=1S/C16H26N4/c1-12-5-6-13(15(17)18)14(11-12)19-7-9-20(10-8-19)16(2,3)4/h5-6,11H,7-10H2,1-4H3,(H3,17,18). The molecule has 0 atom stereocenters. The maximum atomic E-state index is 7.74. The molecular formula is C16H26N4. The molecule has 1 aliphatic rings. The van der Waals surface area contributed by atoms with E-state index in [1.165, 1.54) is 5.56 Å². The van der Waals surface area contributed by atoms with E-state index >= 15 is 0 Å². The van der Waals surface area contributed by atoms with Crippen molar-refractivity contribution in [2.75, 3.05) is 31.1 Å². The number of amidine groups is 1. The third-order valence-corrected chi connectivity index (χ3v) is 4.01. The maximum Gasteiger partial charge on any atom is 0.124 e. The van der Waals surface area contributed by atoms with Crippen LogP contribution in [-0.4, -0.2) is 42.5 Å². The van der Waals surface area contributed by atoms with Crippen molar-refractivity contribution in [2.45, 2.75) is 33.2 Å². The Morgan fingerprint density at radius 1 is 1.15 bits per heavy atom. The Hall–Kier alpha value is -1.55. The summed E-state index contributed by atoms with van der Waals surface area (Å²) >= 11 is 0. The summed E-state index contributed by atoms with van der Waals surface area (Å²) in [5.41, 5.74) is 9.10. The van der Waals surface area contributed by atoms with Gasteiger partial charge in [0.1, 0.15) is 5.84 Å². The number of nitrogen functional groups attached to an aromatic ring is 1. The molecule has 0 aromatic heterocycles. The molecule has 0 unspecified atom stereocenters. The minimum absolute atomic E-state index is 0.151. The molecule has 1 fully saturated rings. The van der Waals surface area contributed by atoms with Crippen molar-refractivity contribution >= 4 is 11.5 Å². The van der Waals surface area contributed by atoms with Crippen molar-refractivity contribution in [3.8, 4) is 0 Å². The van der Waals surface area contributed by atoms with Gasteiger partial charge < -0.3 is 10.6 Å². The number of rotatable bonds is 2. The number of nitrogens with one attached hydrogen (secondary N) is 1. The highest BCUT2D eigenvalue weighted by molar-refractivity contribution is 6.00. The highest BCUT2D eigenvalue weighted by atomic mass is 15.3. The number of benzene rings is 1. The van der Waals surface area contributed by atoms with Crippen LogP contribution < -0.4 is 10.6 Å². The summed E-state index contributed by atoms with van der Waals surface area (Å²) in [5, 5.41) is 7.74. The molecule has 20 heavy (non-hydrogen) atoms. The third kappa shape index (κ3) is 3.12. The molecule has 2 rings (SSSR count). The van der Waals surface area contributed by atoms with Crippen LogP contribution in [0.3, 0.4) is 0 Å². The molecule has 0 bridgehead atoms. The molecule has 0 amide bonds. The normalized spacial score (nSPS) is 17.3. The zero-order valence-corrected chi connectivity index (χ0v) is 13.0. The molecular weight excluding hydrogens is 248 g/mol. The van der Waals surface area contributed by atoms with E-state index in [1.54, 1.807) is 0 Å². The quantitative estimate of drug-likeness (QED) is 0.642. The fourth-order valence-corrected chi connectivity index (χ4v) is 2.75. The van der Waals surface area contributed by atoms with E-state index in [0.717, 1.165) is 37.4 Å². The Bertz CT molecular complexity index is 494. The van der Waals surface area contributed by atoms with Gasteiger partial charge in [-0.15, -0.1) is 0 Å². The van der Waals surface area contributed by atoms with Crippen LogP contribution in [-0.2, 0) is 0 Å². The maximum absolute atomic E-state index is 7.74. The van der Waals surface area contributed by atoms with E-state index in [4.69, 9.17) is 11.1 Å². The van der Waals surface area contributed by atoms with Gasteiger partial charge in [0.25, 0.3) is 0 Å². The lowest BCUT2D eigenvalue weighted by atomic mass is 10.0. The van der Waals surface area contributed by atoms with Crippen molar-refractivity contribution in [2.24, 2.45) is 5.73 Å². The first-order valence-electron chi connectivity index (χ1n) is 7.24. The lowest BCUT2D eigenvalue weighted by Gasteiger charge is -2.43.